The molecule has 1 amide bonds. The molecule has 7 nitrogen and oxygen atoms in total. The van der Waals surface area contributed by atoms with Crippen molar-refractivity contribution in [2.24, 2.45) is 5.73 Å². The van der Waals surface area contributed by atoms with Crippen LogP contribution in [0.1, 0.15) is 29.2 Å². The standard InChI is InChI=1S/C12H13N5O2S/c13-9-4-3-7(5-8(9)10(14)18)20-12-16-15-11(19)17(12)6-1-2-6/h3-6H,1-2,13H2,(H2,14,18)(H,15,19). The lowest BCUT2D eigenvalue weighted by Crippen LogP contribution is -2.16. The van der Waals surface area contributed by atoms with Gasteiger partial charge in [0.05, 0.1) is 5.56 Å². The zero-order valence-corrected chi connectivity index (χ0v) is 11.3. The summed E-state index contributed by atoms with van der Waals surface area (Å²) < 4.78 is 1.64. The lowest BCUT2D eigenvalue weighted by Gasteiger charge is -2.06. The largest absolute Gasteiger partial charge is 0.398 e. The van der Waals surface area contributed by atoms with Gasteiger partial charge in [0.1, 0.15) is 0 Å². The lowest BCUT2D eigenvalue weighted by atomic mass is 10.2. The summed E-state index contributed by atoms with van der Waals surface area (Å²) in [5, 5.41) is 7.04. The van der Waals surface area contributed by atoms with Gasteiger partial charge in [-0.1, -0.05) is 0 Å². The number of nitrogens with two attached hydrogens (primary N) is 2. The van der Waals surface area contributed by atoms with E-state index < -0.39 is 5.91 Å². The van der Waals surface area contributed by atoms with E-state index in [0.717, 1.165) is 17.7 Å². The summed E-state index contributed by atoms with van der Waals surface area (Å²) in [4.78, 5) is 23.7. The molecule has 5 N–H and O–H groups in total. The number of primary amides is 1. The van der Waals surface area contributed by atoms with Gasteiger partial charge >= 0.3 is 5.69 Å². The fourth-order valence-electron chi connectivity index (χ4n) is 1.93. The highest BCUT2D eigenvalue weighted by molar-refractivity contribution is 7.99. The van der Waals surface area contributed by atoms with Crippen molar-refractivity contribution in [1.82, 2.24) is 14.8 Å². The lowest BCUT2D eigenvalue weighted by molar-refractivity contribution is 0.100. The van der Waals surface area contributed by atoms with Gasteiger partial charge in [-0.3, -0.25) is 9.36 Å². The molecule has 0 unspecified atom stereocenters. The number of hydrogen-bond donors (Lipinski definition) is 3. The third-order valence-electron chi connectivity index (χ3n) is 3.08. The summed E-state index contributed by atoms with van der Waals surface area (Å²) in [5.74, 6) is -0.577. The highest BCUT2D eigenvalue weighted by atomic mass is 32.2. The van der Waals surface area contributed by atoms with E-state index in [0.29, 0.717) is 10.8 Å². The SMILES string of the molecule is NC(=O)c1cc(Sc2n[nH]c(=O)n2C2CC2)ccc1N. The molecule has 8 heteroatoms. The molecule has 0 atom stereocenters. The number of nitrogens with one attached hydrogen (secondary N) is 1. The van der Waals surface area contributed by atoms with Gasteiger partial charge in [0.15, 0.2) is 5.16 Å². The van der Waals surface area contributed by atoms with Crippen molar-refractivity contribution in [2.75, 3.05) is 5.73 Å². The second-order valence-corrected chi connectivity index (χ2v) is 5.67. The minimum atomic E-state index is -0.577. The van der Waals surface area contributed by atoms with Crippen molar-refractivity contribution >= 4 is 23.4 Å². The predicted molar refractivity (Wildman–Crippen MR) is 74.6 cm³/mol. The molecule has 1 saturated carbocycles. The Bertz CT molecular complexity index is 732. The molecule has 0 spiro atoms. The van der Waals surface area contributed by atoms with E-state index in [1.807, 2.05) is 0 Å². The van der Waals surface area contributed by atoms with Crippen LogP contribution < -0.4 is 17.2 Å². The quantitative estimate of drug-likeness (QED) is 0.717. The molecular weight excluding hydrogens is 278 g/mol. The molecule has 1 heterocycles. The Morgan fingerprint density at radius 1 is 1.45 bits per heavy atom. The van der Waals surface area contributed by atoms with E-state index in [-0.39, 0.29) is 17.3 Å². The molecule has 0 aliphatic heterocycles. The van der Waals surface area contributed by atoms with Gasteiger partial charge < -0.3 is 11.5 Å². The second-order valence-electron chi connectivity index (χ2n) is 4.63. The highest BCUT2D eigenvalue weighted by Crippen LogP contribution is 2.37. The second kappa shape index (κ2) is 4.71. The van der Waals surface area contributed by atoms with Gasteiger partial charge in [0.2, 0.25) is 0 Å². The Kier molecular flexibility index (Phi) is 3.01. The number of amides is 1. The molecule has 0 bridgehead atoms. The number of nitrogen functional groups attached to an aromatic ring is 1. The van der Waals surface area contributed by atoms with Crippen LogP contribution in [0.3, 0.4) is 0 Å². The summed E-state index contributed by atoms with van der Waals surface area (Å²) in [5.41, 5.74) is 11.4. The molecule has 20 heavy (non-hydrogen) atoms. The first-order chi connectivity index (χ1) is 9.56. The van der Waals surface area contributed by atoms with E-state index in [1.165, 1.54) is 11.8 Å². The summed E-state index contributed by atoms with van der Waals surface area (Å²) in [6.07, 6.45) is 1.97. The fraction of sp³-hybridized carbons (Fsp3) is 0.250. The Morgan fingerprint density at radius 3 is 2.85 bits per heavy atom. The van der Waals surface area contributed by atoms with Crippen LogP contribution in [-0.2, 0) is 0 Å². The predicted octanol–water partition coefficient (Wildman–Crippen LogP) is 0.739. The van der Waals surface area contributed by atoms with E-state index in [1.54, 1.807) is 22.8 Å². The van der Waals surface area contributed by atoms with Crippen molar-refractivity contribution in [3.8, 4) is 0 Å². The molecular formula is C12H13N5O2S. The summed E-state index contributed by atoms with van der Waals surface area (Å²) in [6, 6.07) is 5.23. The van der Waals surface area contributed by atoms with E-state index in [2.05, 4.69) is 10.2 Å². The van der Waals surface area contributed by atoms with Gasteiger partial charge in [0.25, 0.3) is 5.91 Å². The van der Waals surface area contributed by atoms with E-state index >= 15 is 0 Å². The molecule has 1 fully saturated rings. The minimum Gasteiger partial charge on any atom is -0.398 e. The summed E-state index contributed by atoms with van der Waals surface area (Å²) in [6.45, 7) is 0. The summed E-state index contributed by atoms with van der Waals surface area (Å²) in [7, 11) is 0. The molecule has 2 aromatic rings. The van der Waals surface area contributed by atoms with Crippen molar-refractivity contribution in [3.63, 3.8) is 0 Å². The van der Waals surface area contributed by atoms with E-state index in [4.69, 9.17) is 11.5 Å². The molecule has 1 aromatic heterocycles. The number of anilines is 1. The average molecular weight is 291 g/mol. The number of H-pyrrole nitrogens is 1. The number of nitrogens with zero attached hydrogens (tertiary/aromatic N) is 2. The highest BCUT2D eigenvalue weighted by Gasteiger charge is 2.28. The molecule has 0 radical (unpaired) electrons. The van der Waals surface area contributed by atoms with Gasteiger partial charge in [-0.05, 0) is 42.8 Å². The van der Waals surface area contributed by atoms with Crippen LogP contribution in [0.15, 0.2) is 33.0 Å². The number of aromatic amines is 1. The smallest absolute Gasteiger partial charge is 0.344 e. The van der Waals surface area contributed by atoms with Crippen molar-refractivity contribution < 1.29 is 4.79 Å². The van der Waals surface area contributed by atoms with Crippen LogP contribution in [-0.4, -0.2) is 20.7 Å². The fourth-order valence-corrected chi connectivity index (χ4v) is 2.88. The Labute approximate surface area is 118 Å². The number of carbonyl (C=O) groups excluding carboxylic acids is 1. The number of benzene rings is 1. The van der Waals surface area contributed by atoms with E-state index in [9.17, 15) is 9.59 Å². The first-order valence-electron chi connectivity index (χ1n) is 6.10. The van der Waals surface area contributed by atoms with Crippen molar-refractivity contribution in [1.29, 1.82) is 0 Å². The van der Waals surface area contributed by atoms with Crippen LogP contribution in [0, 0.1) is 0 Å². The van der Waals surface area contributed by atoms with Crippen molar-refractivity contribution in [3.05, 3.63) is 34.2 Å². The van der Waals surface area contributed by atoms with Crippen LogP contribution >= 0.6 is 11.8 Å². The maximum Gasteiger partial charge on any atom is 0.344 e. The zero-order valence-electron chi connectivity index (χ0n) is 10.5. The number of rotatable bonds is 4. The van der Waals surface area contributed by atoms with Gasteiger partial charge in [-0.2, -0.15) is 0 Å². The number of carbonyl (C=O) groups is 1. The third kappa shape index (κ3) is 2.29. The molecule has 0 saturated heterocycles. The molecule has 1 aliphatic carbocycles. The maximum absolute atomic E-state index is 11.7. The summed E-state index contributed by atoms with van der Waals surface area (Å²) >= 11 is 1.30. The topological polar surface area (TPSA) is 120 Å². The van der Waals surface area contributed by atoms with Gasteiger partial charge in [-0.15, -0.1) is 5.10 Å². The zero-order chi connectivity index (χ0) is 14.3. The first-order valence-corrected chi connectivity index (χ1v) is 6.92. The number of aromatic nitrogens is 3. The molecule has 1 aliphatic rings. The number of hydrogen-bond acceptors (Lipinski definition) is 5. The van der Waals surface area contributed by atoms with Gasteiger partial charge in [-0.25, -0.2) is 9.89 Å². The van der Waals surface area contributed by atoms with Crippen molar-refractivity contribution in [2.45, 2.75) is 28.9 Å². The third-order valence-corrected chi connectivity index (χ3v) is 4.04. The Hall–Kier alpha value is -2.22. The van der Waals surface area contributed by atoms with Crippen LogP contribution in [0.2, 0.25) is 0 Å². The maximum atomic E-state index is 11.7. The monoisotopic (exact) mass is 291 g/mol. The first kappa shape index (κ1) is 12.8. The Morgan fingerprint density at radius 2 is 2.20 bits per heavy atom. The average Bonchev–Trinajstić information content (AvgIpc) is 3.17. The van der Waals surface area contributed by atoms with Crippen LogP contribution in [0.4, 0.5) is 5.69 Å². The van der Waals surface area contributed by atoms with Crippen LogP contribution in [0.5, 0.6) is 0 Å². The molecule has 3 rings (SSSR count). The van der Waals surface area contributed by atoms with Gasteiger partial charge in [0, 0.05) is 16.6 Å². The molecule has 104 valence electrons. The molecule has 1 aromatic carbocycles. The Balaban J connectivity index is 1.94. The van der Waals surface area contributed by atoms with Crippen LogP contribution in [0.25, 0.3) is 0 Å². The minimum absolute atomic E-state index is 0.208. The normalized spacial score (nSPS) is 14.4.